The molecular formula is C15H7ClF3NO. The number of benzene rings is 2. The number of nitriles is 1. The predicted octanol–water partition coefficient (Wildman–Crippen LogP) is 4.25. The minimum absolute atomic E-state index is 0.0886. The van der Waals surface area contributed by atoms with E-state index in [1.54, 1.807) is 6.07 Å². The van der Waals surface area contributed by atoms with Gasteiger partial charge in [0.2, 0.25) is 0 Å². The molecule has 106 valence electrons. The van der Waals surface area contributed by atoms with Crippen molar-refractivity contribution < 1.29 is 18.0 Å². The first-order valence-electron chi connectivity index (χ1n) is 5.77. The molecule has 1 unspecified atom stereocenters. The van der Waals surface area contributed by atoms with Crippen molar-refractivity contribution in [3.63, 3.8) is 0 Å². The van der Waals surface area contributed by atoms with Crippen LogP contribution in [-0.4, -0.2) is 5.78 Å². The van der Waals surface area contributed by atoms with E-state index >= 15 is 0 Å². The molecule has 21 heavy (non-hydrogen) atoms. The van der Waals surface area contributed by atoms with Crippen molar-refractivity contribution in [2.75, 3.05) is 0 Å². The molecule has 0 heterocycles. The Bertz CT molecular complexity index is 735. The third kappa shape index (κ3) is 3.23. The molecular weight excluding hydrogens is 303 g/mol. The van der Waals surface area contributed by atoms with E-state index < -0.39 is 29.2 Å². The number of halogens is 4. The van der Waals surface area contributed by atoms with Crippen LogP contribution in [0.5, 0.6) is 0 Å². The highest BCUT2D eigenvalue weighted by molar-refractivity contribution is 6.34. The van der Waals surface area contributed by atoms with E-state index in [1.165, 1.54) is 0 Å². The molecule has 2 aromatic rings. The molecule has 0 N–H and O–H groups in total. The average molecular weight is 310 g/mol. The molecule has 0 aliphatic carbocycles. The van der Waals surface area contributed by atoms with Crippen LogP contribution >= 0.6 is 11.6 Å². The number of hydrogen-bond acceptors (Lipinski definition) is 2. The van der Waals surface area contributed by atoms with Crippen LogP contribution in [0.3, 0.4) is 0 Å². The normalized spacial score (nSPS) is 11.8. The minimum Gasteiger partial charge on any atom is -0.292 e. The van der Waals surface area contributed by atoms with Gasteiger partial charge < -0.3 is 0 Å². The smallest absolute Gasteiger partial charge is 0.185 e. The molecule has 0 aliphatic rings. The van der Waals surface area contributed by atoms with Crippen LogP contribution in [0, 0.1) is 28.8 Å². The standard InChI is InChI=1S/C15H7ClF3NO/c16-14-6-9(17)1-2-12(14)15(21)13(7-20)8-3-10(18)5-11(19)4-8/h1-6,13H. The first-order chi connectivity index (χ1) is 9.92. The van der Waals surface area contributed by atoms with Crippen molar-refractivity contribution in [2.24, 2.45) is 0 Å². The van der Waals surface area contributed by atoms with Gasteiger partial charge in [0.05, 0.1) is 11.1 Å². The number of Topliss-reactive ketones (excluding diaryl/α,β-unsaturated/α-hetero) is 1. The molecule has 0 saturated carbocycles. The van der Waals surface area contributed by atoms with Gasteiger partial charge in [-0.2, -0.15) is 5.26 Å². The molecule has 0 aliphatic heterocycles. The summed E-state index contributed by atoms with van der Waals surface area (Å²) in [5, 5.41) is 8.94. The molecule has 0 spiro atoms. The van der Waals surface area contributed by atoms with Gasteiger partial charge in [-0.25, -0.2) is 13.2 Å². The van der Waals surface area contributed by atoms with E-state index in [1.807, 2.05) is 0 Å². The maximum absolute atomic E-state index is 13.2. The fraction of sp³-hybridized carbons (Fsp3) is 0.0667. The highest BCUT2D eigenvalue weighted by atomic mass is 35.5. The van der Waals surface area contributed by atoms with Crippen LogP contribution in [0.4, 0.5) is 13.2 Å². The summed E-state index contributed by atoms with van der Waals surface area (Å²) in [4.78, 5) is 12.3. The predicted molar refractivity (Wildman–Crippen MR) is 70.5 cm³/mol. The van der Waals surface area contributed by atoms with Gasteiger partial charge in [0.25, 0.3) is 0 Å². The van der Waals surface area contributed by atoms with Gasteiger partial charge in [-0.1, -0.05) is 11.6 Å². The zero-order chi connectivity index (χ0) is 15.6. The quantitative estimate of drug-likeness (QED) is 0.795. The zero-order valence-electron chi connectivity index (χ0n) is 10.4. The van der Waals surface area contributed by atoms with Crippen molar-refractivity contribution in [1.82, 2.24) is 0 Å². The highest BCUT2D eigenvalue weighted by Gasteiger charge is 2.25. The third-order valence-electron chi connectivity index (χ3n) is 2.81. The summed E-state index contributed by atoms with van der Waals surface area (Å²) >= 11 is 5.76. The van der Waals surface area contributed by atoms with Gasteiger partial charge in [0.1, 0.15) is 23.4 Å². The second kappa shape index (κ2) is 5.98. The Balaban J connectivity index is 2.46. The van der Waals surface area contributed by atoms with Crippen LogP contribution in [0.25, 0.3) is 0 Å². The van der Waals surface area contributed by atoms with Crippen LogP contribution in [0.15, 0.2) is 36.4 Å². The van der Waals surface area contributed by atoms with Gasteiger partial charge in [-0.3, -0.25) is 4.79 Å². The van der Waals surface area contributed by atoms with Gasteiger partial charge in [-0.05, 0) is 35.9 Å². The van der Waals surface area contributed by atoms with Crippen molar-refractivity contribution in [2.45, 2.75) is 5.92 Å². The van der Waals surface area contributed by atoms with E-state index in [9.17, 15) is 18.0 Å². The van der Waals surface area contributed by atoms with Gasteiger partial charge in [0.15, 0.2) is 5.78 Å². The van der Waals surface area contributed by atoms with E-state index in [0.29, 0.717) is 6.07 Å². The molecule has 0 fully saturated rings. The lowest BCUT2D eigenvalue weighted by molar-refractivity contribution is 0.0979. The van der Waals surface area contributed by atoms with E-state index in [2.05, 4.69) is 0 Å². The third-order valence-corrected chi connectivity index (χ3v) is 3.12. The van der Waals surface area contributed by atoms with E-state index in [4.69, 9.17) is 16.9 Å². The summed E-state index contributed by atoms with van der Waals surface area (Å²) < 4.78 is 39.3. The Morgan fingerprint density at radius 3 is 2.19 bits per heavy atom. The second-order valence-electron chi connectivity index (χ2n) is 4.25. The molecule has 2 nitrogen and oxygen atoms in total. The number of nitrogens with zero attached hydrogens (tertiary/aromatic N) is 1. The molecule has 0 aromatic heterocycles. The maximum Gasteiger partial charge on any atom is 0.185 e. The molecule has 2 aromatic carbocycles. The Labute approximate surface area is 123 Å². The molecule has 1 atom stereocenters. The SMILES string of the molecule is N#CC(C(=O)c1ccc(F)cc1Cl)c1cc(F)cc(F)c1. The number of carbonyl (C=O) groups is 1. The molecule has 0 bridgehead atoms. The number of hydrogen-bond donors (Lipinski definition) is 0. The van der Waals surface area contributed by atoms with Crippen LogP contribution < -0.4 is 0 Å². The Morgan fingerprint density at radius 2 is 1.67 bits per heavy atom. The van der Waals surface area contributed by atoms with Crippen LogP contribution in [0.1, 0.15) is 21.8 Å². The first-order valence-corrected chi connectivity index (χ1v) is 6.15. The molecule has 0 radical (unpaired) electrons. The molecule has 0 saturated heterocycles. The van der Waals surface area contributed by atoms with Crippen molar-refractivity contribution in [3.05, 3.63) is 70.0 Å². The number of rotatable bonds is 3. The van der Waals surface area contributed by atoms with E-state index in [0.717, 1.165) is 30.3 Å². The summed E-state index contributed by atoms with van der Waals surface area (Å²) in [5.74, 6) is -4.63. The summed E-state index contributed by atoms with van der Waals surface area (Å²) in [6.45, 7) is 0. The summed E-state index contributed by atoms with van der Waals surface area (Å²) in [6, 6.07) is 7.16. The van der Waals surface area contributed by atoms with Gasteiger partial charge in [0, 0.05) is 11.6 Å². The summed E-state index contributed by atoms with van der Waals surface area (Å²) in [7, 11) is 0. The fourth-order valence-electron chi connectivity index (χ4n) is 1.87. The van der Waals surface area contributed by atoms with E-state index in [-0.39, 0.29) is 16.1 Å². The molecule has 6 heteroatoms. The minimum atomic E-state index is -1.43. The molecule has 2 rings (SSSR count). The van der Waals surface area contributed by atoms with Crippen molar-refractivity contribution >= 4 is 17.4 Å². The molecule has 0 amide bonds. The first kappa shape index (κ1) is 15.1. The fourth-order valence-corrected chi connectivity index (χ4v) is 2.13. The Morgan fingerprint density at radius 1 is 1.05 bits per heavy atom. The lowest BCUT2D eigenvalue weighted by atomic mass is 9.91. The van der Waals surface area contributed by atoms with Crippen molar-refractivity contribution in [3.8, 4) is 6.07 Å². The Hall–Kier alpha value is -2.32. The average Bonchev–Trinajstić information content (AvgIpc) is 2.38. The Kier molecular flexibility index (Phi) is 4.29. The van der Waals surface area contributed by atoms with Gasteiger partial charge >= 0.3 is 0 Å². The zero-order valence-corrected chi connectivity index (χ0v) is 11.2. The second-order valence-corrected chi connectivity index (χ2v) is 4.66. The lowest BCUT2D eigenvalue weighted by Crippen LogP contribution is -2.12. The number of ketones is 1. The topological polar surface area (TPSA) is 40.9 Å². The van der Waals surface area contributed by atoms with Crippen molar-refractivity contribution in [1.29, 1.82) is 5.26 Å². The largest absolute Gasteiger partial charge is 0.292 e. The summed E-state index contributed by atoms with van der Waals surface area (Å²) in [6.07, 6.45) is 0. The maximum atomic E-state index is 13.2. The monoisotopic (exact) mass is 309 g/mol. The highest BCUT2D eigenvalue weighted by Crippen LogP contribution is 2.26. The van der Waals surface area contributed by atoms with Gasteiger partial charge in [-0.15, -0.1) is 0 Å². The lowest BCUT2D eigenvalue weighted by Gasteiger charge is -2.10. The number of carbonyl (C=O) groups excluding carboxylic acids is 1. The van der Waals surface area contributed by atoms with Crippen LogP contribution in [-0.2, 0) is 0 Å². The summed E-state index contributed by atoms with van der Waals surface area (Å²) in [5.41, 5.74) is -0.213. The van der Waals surface area contributed by atoms with Crippen LogP contribution in [0.2, 0.25) is 5.02 Å².